The van der Waals surface area contributed by atoms with Crippen LogP contribution < -0.4 is 5.73 Å². The monoisotopic (exact) mass is 188 g/mol. The number of nitrogens with two attached hydrogens (primary N) is 1. The maximum Gasteiger partial charge on any atom is 0.285 e. The van der Waals surface area contributed by atoms with Crippen molar-refractivity contribution in [3.05, 3.63) is 42.6 Å². The smallest absolute Gasteiger partial charge is 0.285 e. The van der Waals surface area contributed by atoms with Crippen molar-refractivity contribution < 1.29 is 9.21 Å². The summed E-state index contributed by atoms with van der Waals surface area (Å²) in [6, 6.07) is 5.28. The van der Waals surface area contributed by atoms with E-state index >= 15 is 0 Å². The van der Waals surface area contributed by atoms with Crippen LogP contribution in [-0.2, 0) is 0 Å². The van der Waals surface area contributed by atoms with E-state index in [1.54, 1.807) is 30.6 Å². The molecule has 0 bridgehead atoms. The summed E-state index contributed by atoms with van der Waals surface area (Å²) in [4.78, 5) is 14.9. The zero-order chi connectivity index (χ0) is 9.97. The minimum atomic E-state index is -0.568. The van der Waals surface area contributed by atoms with Crippen molar-refractivity contribution in [2.75, 3.05) is 0 Å². The molecule has 2 rings (SSSR count). The van der Waals surface area contributed by atoms with Crippen LogP contribution in [0.3, 0.4) is 0 Å². The quantitative estimate of drug-likeness (QED) is 0.775. The topological polar surface area (TPSA) is 69.1 Å². The Labute approximate surface area is 80.4 Å². The van der Waals surface area contributed by atoms with Crippen LogP contribution in [0.2, 0.25) is 0 Å². The Kier molecular flexibility index (Phi) is 2.02. The molecule has 4 nitrogen and oxygen atoms in total. The molecule has 2 aromatic rings. The maximum atomic E-state index is 11.0. The molecule has 2 N–H and O–H groups in total. The molecule has 0 spiro atoms. The first-order valence-corrected chi connectivity index (χ1v) is 4.07. The van der Waals surface area contributed by atoms with E-state index < -0.39 is 5.91 Å². The third-order valence-electron chi connectivity index (χ3n) is 1.88. The zero-order valence-corrected chi connectivity index (χ0v) is 7.31. The van der Waals surface area contributed by atoms with Crippen LogP contribution in [0, 0.1) is 0 Å². The minimum Gasteiger partial charge on any atom is -0.459 e. The average Bonchev–Trinajstić information content (AvgIpc) is 2.67. The molecule has 0 fully saturated rings. The summed E-state index contributed by atoms with van der Waals surface area (Å²) in [5, 5.41) is 0. The van der Waals surface area contributed by atoms with Gasteiger partial charge in [-0.15, -0.1) is 0 Å². The molecule has 14 heavy (non-hydrogen) atoms. The lowest BCUT2D eigenvalue weighted by atomic mass is 10.1. The molecule has 70 valence electrons. The summed E-state index contributed by atoms with van der Waals surface area (Å²) in [5.74, 6) is -0.391. The molecule has 0 aliphatic carbocycles. The number of amides is 1. The van der Waals surface area contributed by atoms with Gasteiger partial charge in [0.25, 0.3) is 5.91 Å². The number of carbonyl (C=O) groups is 1. The fraction of sp³-hybridized carbons (Fsp3) is 0. The Morgan fingerprint density at radius 2 is 2.00 bits per heavy atom. The second-order valence-corrected chi connectivity index (χ2v) is 2.76. The number of aromatic nitrogens is 1. The normalized spacial score (nSPS) is 10.0. The maximum absolute atomic E-state index is 11.0. The van der Waals surface area contributed by atoms with Gasteiger partial charge < -0.3 is 10.2 Å². The largest absolute Gasteiger partial charge is 0.459 e. The molecular weight excluding hydrogens is 180 g/mol. The van der Waals surface area contributed by atoms with Crippen LogP contribution >= 0.6 is 0 Å². The van der Waals surface area contributed by atoms with Crippen LogP contribution in [0.15, 0.2) is 41.3 Å². The molecule has 0 saturated heterocycles. The summed E-state index contributed by atoms with van der Waals surface area (Å²) >= 11 is 0. The molecule has 2 heterocycles. The molecule has 0 aliphatic heterocycles. The van der Waals surface area contributed by atoms with Gasteiger partial charge in [-0.3, -0.25) is 9.78 Å². The Morgan fingerprint density at radius 3 is 2.64 bits per heavy atom. The summed E-state index contributed by atoms with van der Waals surface area (Å²) in [7, 11) is 0. The van der Waals surface area contributed by atoms with Crippen LogP contribution in [0.1, 0.15) is 10.6 Å². The van der Waals surface area contributed by atoms with Gasteiger partial charge in [-0.05, 0) is 23.8 Å². The van der Waals surface area contributed by atoms with Gasteiger partial charge >= 0.3 is 0 Å². The minimum absolute atomic E-state index is 0.177. The van der Waals surface area contributed by atoms with Crippen LogP contribution in [0.5, 0.6) is 0 Å². The summed E-state index contributed by atoms with van der Waals surface area (Å²) in [6.45, 7) is 0. The van der Waals surface area contributed by atoms with E-state index in [1.807, 2.05) is 0 Å². The number of carbonyl (C=O) groups excluding carboxylic acids is 1. The van der Waals surface area contributed by atoms with Gasteiger partial charge in [-0.1, -0.05) is 0 Å². The fourth-order valence-corrected chi connectivity index (χ4v) is 1.26. The first-order valence-electron chi connectivity index (χ1n) is 4.07. The Bertz CT molecular complexity index is 448. The van der Waals surface area contributed by atoms with Crippen LogP contribution in [0.4, 0.5) is 0 Å². The molecule has 1 amide bonds. The number of rotatable bonds is 2. The van der Waals surface area contributed by atoms with E-state index in [2.05, 4.69) is 4.98 Å². The van der Waals surface area contributed by atoms with Gasteiger partial charge in [0.05, 0.1) is 6.26 Å². The number of primary amides is 1. The lowest BCUT2D eigenvalue weighted by molar-refractivity contribution is 0.0975. The van der Waals surface area contributed by atoms with Gasteiger partial charge in [0, 0.05) is 18.0 Å². The van der Waals surface area contributed by atoms with E-state index in [4.69, 9.17) is 10.2 Å². The zero-order valence-electron chi connectivity index (χ0n) is 7.31. The number of hydrogen-bond acceptors (Lipinski definition) is 3. The van der Waals surface area contributed by atoms with Crippen LogP contribution in [0.25, 0.3) is 11.1 Å². The second kappa shape index (κ2) is 3.33. The third-order valence-corrected chi connectivity index (χ3v) is 1.88. The SMILES string of the molecule is NC(=O)c1occc1-c1ccncc1. The number of pyridine rings is 1. The molecule has 0 atom stereocenters. The lowest BCUT2D eigenvalue weighted by Crippen LogP contribution is -2.10. The highest BCUT2D eigenvalue weighted by Gasteiger charge is 2.12. The van der Waals surface area contributed by atoms with E-state index in [9.17, 15) is 4.79 Å². The van der Waals surface area contributed by atoms with Crippen molar-refractivity contribution in [3.8, 4) is 11.1 Å². The van der Waals surface area contributed by atoms with Gasteiger partial charge in [0.1, 0.15) is 0 Å². The highest BCUT2D eigenvalue weighted by Crippen LogP contribution is 2.23. The second-order valence-electron chi connectivity index (χ2n) is 2.76. The molecule has 0 aromatic carbocycles. The Hall–Kier alpha value is -2.10. The third kappa shape index (κ3) is 1.37. The average molecular weight is 188 g/mol. The van der Waals surface area contributed by atoms with E-state index in [0.29, 0.717) is 5.56 Å². The van der Waals surface area contributed by atoms with E-state index in [0.717, 1.165) is 5.56 Å². The molecule has 0 aliphatic rings. The van der Waals surface area contributed by atoms with Crippen molar-refractivity contribution >= 4 is 5.91 Å². The predicted molar refractivity (Wildman–Crippen MR) is 50.5 cm³/mol. The first kappa shape index (κ1) is 8.50. The molecule has 0 unspecified atom stereocenters. The van der Waals surface area contributed by atoms with Gasteiger partial charge in [0.15, 0.2) is 5.76 Å². The molecule has 0 saturated carbocycles. The molecule has 4 heteroatoms. The molecule has 0 radical (unpaired) electrons. The molecular formula is C10H8N2O2. The summed E-state index contributed by atoms with van der Waals surface area (Å²) < 4.78 is 4.99. The standard InChI is InChI=1S/C10H8N2O2/c11-10(13)9-8(3-6-14-9)7-1-4-12-5-2-7/h1-6H,(H2,11,13). The Morgan fingerprint density at radius 1 is 1.29 bits per heavy atom. The first-order chi connectivity index (χ1) is 6.79. The lowest BCUT2D eigenvalue weighted by Gasteiger charge is -1.97. The van der Waals surface area contributed by atoms with Gasteiger partial charge in [-0.2, -0.15) is 0 Å². The highest BCUT2D eigenvalue weighted by molar-refractivity contribution is 5.96. The fourth-order valence-electron chi connectivity index (χ4n) is 1.26. The van der Waals surface area contributed by atoms with E-state index in [-0.39, 0.29) is 5.76 Å². The number of furan rings is 1. The highest BCUT2D eigenvalue weighted by atomic mass is 16.3. The number of hydrogen-bond donors (Lipinski definition) is 1. The van der Waals surface area contributed by atoms with Crippen molar-refractivity contribution in [2.45, 2.75) is 0 Å². The molecule has 2 aromatic heterocycles. The van der Waals surface area contributed by atoms with Crippen molar-refractivity contribution in [2.24, 2.45) is 5.73 Å². The number of nitrogens with zero attached hydrogens (tertiary/aromatic N) is 1. The van der Waals surface area contributed by atoms with Crippen molar-refractivity contribution in [1.82, 2.24) is 4.98 Å². The van der Waals surface area contributed by atoms with Crippen LogP contribution in [-0.4, -0.2) is 10.9 Å². The van der Waals surface area contributed by atoms with Gasteiger partial charge in [0.2, 0.25) is 0 Å². The Balaban J connectivity index is 2.52. The summed E-state index contributed by atoms with van der Waals surface area (Å²) in [5.41, 5.74) is 6.71. The van der Waals surface area contributed by atoms with Crippen molar-refractivity contribution in [3.63, 3.8) is 0 Å². The van der Waals surface area contributed by atoms with E-state index in [1.165, 1.54) is 6.26 Å². The van der Waals surface area contributed by atoms with Crippen molar-refractivity contribution in [1.29, 1.82) is 0 Å². The summed E-state index contributed by atoms with van der Waals surface area (Å²) in [6.07, 6.45) is 4.73. The predicted octanol–water partition coefficient (Wildman–Crippen LogP) is 1.44. The van der Waals surface area contributed by atoms with Gasteiger partial charge in [-0.25, -0.2) is 0 Å².